The van der Waals surface area contributed by atoms with Gasteiger partial charge in [0.2, 0.25) is 0 Å². The quantitative estimate of drug-likeness (QED) is 0.477. The van der Waals surface area contributed by atoms with Crippen molar-refractivity contribution in [2.45, 2.75) is 0 Å². The van der Waals surface area contributed by atoms with Crippen molar-refractivity contribution >= 4 is 47.5 Å². The van der Waals surface area contributed by atoms with Crippen LogP contribution in [0.2, 0.25) is 0 Å². The van der Waals surface area contributed by atoms with Crippen LogP contribution in [0.4, 0.5) is 0 Å². The zero-order valence-electron chi connectivity index (χ0n) is 3.80. The zero-order chi connectivity index (χ0) is 8.00. The molecule has 9 heavy (non-hydrogen) atoms. The molecule has 4 N–H and O–H groups in total. The van der Waals surface area contributed by atoms with Gasteiger partial charge < -0.3 is 0 Å². The molecule has 0 rings (SSSR count). The maximum absolute atomic E-state index is 6.47. The molecular weight excluding hydrogens is 254 g/mol. The normalized spacial score (nSPS) is 2.67. The van der Waals surface area contributed by atoms with Crippen molar-refractivity contribution in [2.24, 2.45) is 0 Å². The molecule has 0 aliphatic carbocycles. The van der Waals surface area contributed by atoms with Crippen LogP contribution in [-0.4, -0.2) is 18.6 Å². The molecule has 4 nitrogen and oxygen atoms in total. The SMILES string of the molecule is OCl.OCl.OCl.OCl.[Ti]. The molecule has 0 aliphatic rings. The summed E-state index contributed by atoms with van der Waals surface area (Å²) in [6.07, 6.45) is 0. The minimum atomic E-state index is 0. The van der Waals surface area contributed by atoms with Crippen molar-refractivity contribution in [1.29, 1.82) is 0 Å². The molecule has 0 bridgehead atoms. The summed E-state index contributed by atoms with van der Waals surface area (Å²) in [5, 5.41) is 0. The van der Waals surface area contributed by atoms with Crippen LogP contribution in [0.5, 0.6) is 0 Å². The Morgan fingerprint density at radius 1 is 0.444 bits per heavy atom. The fourth-order valence-electron chi connectivity index (χ4n) is 0. The zero-order valence-corrected chi connectivity index (χ0v) is 8.39. The molecule has 0 heterocycles. The van der Waals surface area contributed by atoms with Gasteiger partial charge in [-0.05, 0) is 0 Å². The first-order valence-corrected chi connectivity index (χ1v) is 2.03. The van der Waals surface area contributed by atoms with E-state index in [0.29, 0.717) is 0 Å². The molecule has 0 amide bonds. The number of hydrogen-bond donors (Lipinski definition) is 4. The van der Waals surface area contributed by atoms with Gasteiger partial charge in [0, 0.05) is 21.7 Å². The van der Waals surface area contributed by atoms with Crippen LogP contribution in [0.15, 0.2) is 0 Å². The smallest absolute Gasteiger partial charge is 0.0579 e. The van der Waals surface area contributed by atoms with Crippen molar-refractivity contribution in [1.82, 2.24) is 0 Å². The molecular formula is H4Cl4O4Ti. The van der Waals surface area contributed by atoms with Gasteiger partial charge in [0.05, 0.1) is 47.5 Å². The standard InChI is InChI=1S/4ClHO.Ti/c4*1-2;/h4*2H;. The van der Waals surface area contributed by atoms with E-state index >= 15 is 0 Å². The van der Waals surface area contributed by atoms with E-state index in [9.17, 15) is 0 Å². The van der Waals surface area contributed by atoms with Crippen LogP contribution in [0.25, 0.3) is 0 Å². The van der Waals surface area contributed by atoms with Gasteiger partial charge in [-0.3, -0.25) is 18.6 Å². The molecule has 0 fully saturated rings. The van der Waals surface area contributed by atoms with Crippen molar-refractivity contribution in [2.75, 3.05) is 0 Å². The van der Waals surface area contributed by atoms with Crippen molar-refractivity contribution < 1.29 is 40.4 Å². The van der Waals surface area contributed by atoms with Crippen LogP contribution >= 0.6 is 47.5 Å². The molecule has 0 unspecified atom stereocenters. The van der Waals surface area contributed by atoms with E-state index < -0.39 is 0 Å². The predicted octanol–water partition coefficient (Wildman–Crippen LogP) is 0.527. The van der Waals surface area contributed by atoms with Crippen LogP contribution < -0.4 is 0 Å². The fraction of sp³-hybridized carbons (Fsp3) is 0. The third-order valence-electron chi connectivity index (χ3n) is 0. The summed E-state index contributed by atoms with van der Waals surface area (Å²) in [5.41, 5.74) is 0. The summed E-state index contributed by atoms with van der Waals surface area (Å²) in [5.74, 6) is 0. The van der Waals surface area contributed by atoms with Gasteiger partial charge in [0.15, 0.2) is 0 Å². The molecule has 60 valence electrons. The van der Waals surface area contributed by atoms with Crippen LogP contribution in [0, 0.1) is 0 Å². The van der Waals surface area contributed by atoms with E-state index in [1.54, 1.807) is 0 Å². The molecule has 0 aromatic rings. The summed E-state index contributed by atoms with van der Waals surface area (Å²) < 4.78 is 25.9. The van der Waals surface area contributed by atoms with E-state index in [0.717, 1.165) is 0 Å². The minimum Gasteiger partial charge on any atom is -0.295 e. The van der Waals surface area contributed by atoms with Gasteiger partial charge in [-0.15, -0.1) is 0 Å². The summed E-state index contributed by atoms with van der Waals surface area (Å²) >= 11 is 14.6. The Balaban J connectivity index is -0.00000000762. The second-order valence-electron chi connectivity index (χ2n) is 0. The van der Waals surface area contributed by atoms with Crippen molar-refractivity contribution in [3.63, 3.8) is 0 Å². The molecule has 0 spiro atoms. The van der Waals surface area contributed by atoms with Gasteiger partial charge in [-0.2, -0.15) is 0 Å². The third kappa shape index (κ3) is 197. The number of rotatable bonds is 0. The van der Waals surface area contributed by atoms with Gasteiger partial charge in [-0.1, -0.05) is 0 Å². The first-order chi connectivity index (χ1) is 4.00. The molecule has 0 radical (unpaired) electrons. The van der Waals surface area contributed by atoms with Gasteiger partial charge in [0.25, 0.3) is 0 Å². The van der Waals surface area contributed by atoms with E-state index in [1.807, 2.05) is 0 Å². The first-order valence-electron chi connectivity index (χ1n) is 0.676. The monoisotopic (exact) mass is 256 g/mol. The maximum atomic E-state index is 6.47. The van der Waals surface area contributed by atoms with E-state index in [-0.39, 0.29) is 21.7 Å². The Morgan fingerprint density at radius 3 is 0.444 bits per heavy atom. The van der Waals surface area contributed by atoms with Gasteiger partial charge in [-0.25, -0.2) is 0 Å². The molecule has 0 atom stereocenters. The third-order valence-corrected chi connectivity index (χ3v) is 0. The van der Waals surface area contributed by atoms with Crippen molar-refractivity contribution in [3.05, 3.63) is 0 Å². The molecule has 9 heteroatoms. The molecule has 0 aliphatic heterocycles. The number of hydrogen-bond acceptors (Lipinski definition) is 4. The number of halogens is 4. The predicted molar refractivity (Wildman–Crippen MR) is 32.3 cm³/mol. The second-order valence-corrected chi connectivity index (χ2v) is 0. The Bertz CT molecular complexity index is 12.5. The minimum absolute atomic E-state index is 0. The topological polar surface area (TPSA) is 80.9 Å². The average molecular weight is 258 g/mol. The van der Waals surface area contributed by atoms with Crippen molar-refractivity contribution in [3.8, 4) is 0 Å². The first kappa shape index (κ1) is 31.0. The average Bonchev–Trinajstić information content (AvgIpc) is 2.03. The van der Waals surface area contributed by atoms with E-state index in [1.165, 1.54) is 0 Å². The van der Waals surface area contributed by atoms with E-state index in [4.69, 9.17) is 18.6 Å². The molecule has 0 saturated heterocycles. The van der Waals surface area contributed by atoms with E-state index in [2.05, 4.69) is 47.5 Å². The van der Waals surface area contributed by atoms with Crippen LogP contribution in [0.3, 0.4) is 0 Å². The summed E-state index contributed by atoms with van der Waals surface area (Å²) in [6.45, 7) is 0. The Labute approximate surface area is 87.5 Å². The second kappa shape index (κ2) is 251. The summed E-state index contributed by atoms with van der Waals surface area (Å²) in [4.78, 5) is 0. The molecule has 0 aromatic carbocycles. The largest absolute Gasteiger partial charge is 0.295 e. The van der Waals surface area contributed by atoms with Crippen LogP contribution in [-0.2, 0) is 21.7 Å². The Hall–Kier alpha value is 1.71. The summed E-state index contributed by atoms with van der Waals surface area (Å²) in [6, 6.07) is 0. The van der Waals surface area contributed by atoms with Crippen LogP contribution in [0.1, 0.15) is 0 Å². The maximum Gasteiger partial charge on any atom is 0.0579 e. The molecule has 0 saturated carbocycles. The Kier molecular flexibility index (Phi) is 864. The van der Waals surface area contributed by atoms with Gasteiger partial charge >= 0.3 is 0 Å². The Morgan fingerprint density at radius 2 is 0.444 bits per heavy atom. The van der Waals surface area contributed by atoms with Gasteiger partial charge in [0.1, 0.15) is 0 Å². The molecule has 0 aromatic heterocycles. The fourth-order valence-corrected chi connectivity index (χ4v) is 0. The summed E-state index contributed by atoms with van der Waals surface area (Å²) in [7, 11) is 0.